The summed E-state index contributed by atoms with van der Waals surface area (Å²) >= 11 is 3.82. The van der Waals surface area contributed by atoms with Crippen LogP contribution in [0.25, 0.3) is 43.4 Å². The maximum atomic E-state index is 6.34. The molecule has 2 atom stereocenters. The highest BCUT2D eigenvalue weighted by Crippen LogP contribution is 2.53. The van der Waals surface area contributed by atoms with Gasteiger partial charge in [0.25, 0.3) is 0 Å². The Morgan fingerprint density at radius 2 is 1.88 bits per heavy atom. The first-order valence-corrected chi connectivity index (χ1v) is 13.9. The van der Waals surface area contributed by atoms with Crippen molar-refractivity contribution in [2.45, 2.75) is 69.4 Å². The molecule has 0 saturated carbocycles. The van der Waals surface area contributed by atoms with Crippen LogP contribution in [0, 0.1) is 5.92 Å². The zero-order valence-corrected chi connectivity index (χ0v) is 22.2. The van der Waals surface area contributed by atoms with Crippen molar-refractivity contribution in [3.05, 3.63) is 53.2 Å². The number of rotatable bonds is 3. The van der Waals surface area contributed by atoms with Gasteiger partial charge in [-0.15, -0.1) is 23.1 Å². The smallest absolute Gasteiger partial charge is 0.230 e. The van der Waals surface area contributed by atoms with Crippen molar-refractivity contribution < 1.29 is 4.42 Å². The average Bonchev–Trinajstić information content (AvgIpc) is 3.47. The van der Waals surface area contributed by atoms with Crippen LogP contribution in [0.2, 0.25) is 0 Å². The lowest BCUT2D eigenvalue weighted by atomic mass is 9.84. The Bertz CT molecular complexity index is 1550. The summed E-state index contributed by atoms with van der Waals surface area (Å²) in [4.78, 5) is 10.8. The molecule has 3 aromatic heterocycles. The Kier molecular flexibility index (Phi) is 5.09. The molecule has 0 spiro atoms. The minimum atomic E-state index is 0.0411. The number of furan rings is 1. The van der Waals surface area contributed by atoms with Gasteiger partial charge >= 0.3 is 0 Å². The minimum absolute atomic E-state index is 0.0411. The maximum absolute atomic E-state index is 6.34. The number of hydrogen-bond acceptors (Lipinski definition) is 5. The number of hydrogen-bond donors (Lipinski definition) is 0. The average molecular weight is 487 g/mol. The van der Waals surface area contributed by atoms with Crippen LogP contribution >= 0.6 is 23.1 Å². The van der Waals surface area contributed by atoms with Gasteiger partial charge in [0.15, 0.2) is 0 Å². The van der Waals surface area contributed by atoms with Gasteiger partial charge in [0, 0.05) is 25.8 Å². The molecule has 5 heteroatoms. The van der Waals surface area contributed by atoms with E-state index in [-0.39, 0.29) is 5.41 Å². The van der Waals surface area contributed by atoms with Crippen molar-refractivity contribution in [1.29, 1.82) is 0 Å². The van der Waals surface area contributed by atoms with Crippen molar-refractivity contribution in [3.8, 4) is 11.3 Å². The van der Waals surface area contributed by atoms with Gasteiger partial charge in [-0.05, 0) is 75.9 Å². The van der Waals surface area contributed by atoms with E-state index in [1.807, 2.05) is 23.1 Å². The number of nitrogens with zero attached hydrogens (tertiary/aromatic N) is 2. The molecule has 0 bridgehead atoms. The summed E-state index contributed by atoms with van der Waals surface area (Å²) in [6, 6.07) is 11.2. The lowest BCUT2D eigenvalue weighted by Crippen LogP contribution is -2.11. The van der Waals surface area contributed by atoms with Crippen molar-refractivity contribution in [3.63, 3.8) is 0 Å². The SMILES string of the molecule is CC(C)CC1c2c(ccc3oc4ncnc(-c5cc(C(C)(C)C)c6sccc6c5)c4c23)SC1C. The Hall–Kier alpha value is -2.37. The first-order valence-electron chi connectivity index (χ1n) is 12.1. The quantitative estimate of drug-likeness (QED) is 0.255. The summed E-state index contributed by atoms with van der Waals surface area (Å²) < 4.78 is 7.70. The topological polar surface area (TPSA) is 38.9 Å². The Morgan fingerprint density at radius 1 is 1.06 bits per heavy atom. The van der Waals surface area contributed by atoms with Crippen LogP contribution in [0.15, 0.2) is 51.4 Å². The number of thiophene rings is 1. The van der Waals surface area contributed by atoms with Crippen molar-refractivity contribution >= 4 is 55.3 Å². The van der Waals surface area contributed by atoms with Crippen molar-refractivity contribution in [1.82, 2.24) is 9.97 Å². The van der Waals surface area contributed by atoms with Crippen LogP contribution in [0.1, 0.15) is 65.0 Å². The van der Waals surface area contributed by atoms with Crippen LogP contribution in [-0.4, -0.2) is 15.2 Å². The molecule has 0 aliphatic carbocycles. The molecular weight excluding hydrogens is 456 g/mol. The van der Waals surface area contributed by atoms with Crippen LogP contribution in [0.4, 0.5) is 0 Å². The predicted molar refractivity (Wildman–Crippen MR) is 146 cm³/mol. The zero-order valence-electron chi connectivity index (χ0n) is 20.6. The first kappa shape index (κ1) is 22.1. The van der Waals surface area contributed by atoms with E-state index >= 15 is 0 Å². The highest BCUT2D eigenvalue weighted by atomic mass is 32.2. The molecule has 6 rings (SSSR count). The van der Waals surface area contributed by atoms with Crippen LogP contribution in [0.3, 0.4) is 0 Å². The number of aromatic nitrogens is 2. The molecule has 3 nitrogen and oxygen atoms in total. The zero-order chi connectivity index (χ0) is 23.8. The first-order chi connectivity index (χ1) is 16.2. The van der Waals surface area contributed by atoms with Gasteiger partial charge in [0.2, 0.25) is 5.71 Å². The van der Waals surface area contributed by atoms with Gasteiger partial charge in [-0.3, -0.25) is 0 Å². The van der Waals surface area contributed by atoms with E-state index in [0.29, 0.717) is 22.8 Å². The van der Waals surface area contributed by atoms with E-state index in [2.05, 4.69) is 82.2 Å². The Balaban J connectivity index is 1.68. The fourth-order valence-electron chi connectivity index (χ4n) is 5.50. The molecule has 0 radical (unpaired) electrons. The molecule has 4 heterocycles. The van der Waals surface area contributed by atoms with Gasteiger partial charge in [0.05, 0.1) is 11.1 Å². The molecule has 0 saturated heterocycles. The second kappa shape index (κ2) is 7.82. The normalized spacial score (nSPS) is 18.6. The van der Waals surface area contributed by atoms with Gasteiger partial charge in [-0.2, -0.15) is 0 Å². The lowest BCUT2D eigenvalue weighted by molar-refractivity contribution is 0.501. The van der Waals surface area contributed by atoms with E-state index in [9.17, 15) is 0 Å². The third-order valence-corrected chi connectivity index (χ3v) is 9.32. The highest BCUT2D eigenvalue weighted by Gasteiger charge is 2.34. The minimum Gasteiger partial charge on any atom is -0.438 e. The standard InChI is InChI=1S/C29H30N2OS2/c1-15(2)11-19-16(3)34-22-8-7-21-24(23(19)22)25-26(30-14-31-28(25)32-21)18-12-17-9-10-33-27(17)20(13-18)29(4,5)6/h7-10,12-16,19H,11H2,1-6H3. The fourth-order valence-corrected chi connectivity index (χ4v) is 7.94. The van der Waals surface area contributed by atoms with Crippen LogP contribution in [-0.2, 0) is 5.41 Å². The lowest BCUT2D eigenvalue weighted by Gasteiger charge is -2.21. The summed E-state index contributed by atoms with van der Waals surface area (Å²) in [6.07, 6.45) is 2.82. The van der Waals surface area contributed by atoms with Gasteiger partial charge in [-0.25, -0.2) is 9.97 Å². The third-order valence-electron chi connectivity index (χ3n) is 7.04. The molecule has 2 unspecified atom stereocenters. The molecule has 34 heavy (non-hydrogen) atoms. The number of fused-ring (bicyclic) bond motifs is 6. The van der Waals surface area contributed by atoms with Crippen molar-refractivity contribution in [2.75, 3.05) is 0 Å². The summed E-state index contributed by atoms with van der Waals surface area (Å²) in [6.45, 7) is 13.9. The maximum Gasteiger partial charge on any atom is 0.230 e. The van der Waals surface area contributed by atoms with Gasteiger partial charge in [-0.1, -0.05) is 41.5 Å². The molecule has 5 aromatic rings. The molecule has 0 N–H and O–H groups in total. The molecule has 1 aliphatic heterocycles. The van der Waals surface area contributed by atoms with Crippen molar-refractivity contribution in [2.24, 2.45) is 5.92 Å². The monoisotopic (exact) mass is 486 g/mol. The predicted octanol–water partition coefficient (Wildman–Crippen LogP) is 9.18. The number of thioether (sulfide) groups is 1. The number of benzene rings is 2. The summed E-state index contributed by atoms with van der Waals surface area (Å²) in [5.41, 5.74) is 6.56. The van der Waals surface area contributed by atoms with E-state index in [0.717, 1.165) is 22.2 Å². The summed E-state index contributed by atoms with van der Waals surface area (Å²) in [7, 11) is 0. The van der Waals surface area contributed by atoms with Crippen LogP contribution in [0.5, 0.6) is 0 Å². The Morgan fingerprint density at radius 3 is 2.65 bits per heavy atom. The highest BCUT2D eigenvalue weighted by molar-refractivity contribution is 8.00. The largest absolute Gasteiger partial charge is 0.438 e. The summed E-state index contributed by atoms with van der Waals surface area (Å²) in [5, 5.41) is 6.30. The second-order valence-electron chi connectivity index (χ2n) is 11.0. The Labute approximate surface area is 209 Å². The van der Waals surface area contributed by atoms with E-state index in [4.69, 9.17) is 9.40 Å². The second-order valence-corrected chi connectivity index (χ2v) is 13.4. The third kappa shape index (κ3) is 3.39. The molecule has 0 amide bonds. The van der Waals surface area contributed by atoms with E-state index < -0.39 is 0 Å². The van der Waals surface area contributed by atoms with Crippen LogP contribution < -0.4 is 0 Å². The molecule has 2 aromatic carbocycles. The molecule has 174 valence electrons. The molecule has 0 fully saturated rings. The summed E-state index contributed by atoms with van der Waals surface area (Å²) in [5.74, 6) is 1.14. The van der Waals surface area contributed by atoms with E-state index in [1.54, 1.807) is 6.33 Å². The molecular formula is C29H30N2OS2. The van der Waals surface area contributed by atoms with E-state index in [1.165, 1.54) is 37.9 Å². The molecule has 1 aliphatic rings. The van der Waals surface area contributed by atoms with Gasteiger partial charge < -0.3 is 4.42 Å². The van der Waals surface area contributed by atoms with Gasteiger partial charge in [0.1, 0.15) is 11.9 Å². The fraction of sp³-hybridized carbons (Fsp3) is 0.379.